The average Bonchev–Trinajstić information content (AvgIpc) is 2.86. The molecular formula is C31H30F8O. The number of aryl methyl sites for hydroxylation is 2. The topological polar surface area (TPSA) is 9.23 Å². The fraction of sp³-hybridized carbons (Fsp3) is 0.419. The zero-order valence-corrected chi connectivity index (χ0v) is 21.9. The Morgan fingerprint density at radius 1 is 0.725 bits per heavy atom. The maximum absolute atomic E-state index is 14.9. The summed E-state index contributed by atoms with van der Waals surface area (Å²) in [7, 11) is 0. The van der Waals surface area contributed by atoms with Gasteiger partial charge in [0.2, 0.25) is 0 Å². The Morgan fingerprint density at radius 2 is 1.30 bits per heavy atom. The number of halogens is 8. The van der Waals surface area contributed by atoms with E-state index in [0.717, 1.165) is 11.5 Å². The minimum atomic E-state index is -5.83. The molecule has 0 heterocycles. The molecule has 1 nitrogen and oxygen atoms in total. The molecule has 40 heavy (non-hydrogen) atoms. The Bertz CT molecular complexity index is 1270. The highest BCUT2D eigenvalue weighted by Crippen LogP contribution is 2.41. The third-order valence-corrected chi connectivity index (χ3v) is 7.62. The van der Waals surface area contributed by atoms with Crippen LogP contribution in [0.4, 0.5) is 35.1 Å². The zero-order chi connectivity index (χ0) is 29.1. The third-order valence-electron chi connectivity index (χ3n) is 7.62. The first-order chi connectivity index (χ1) is 18.9. The molecule has 0 aromatic heterocycles. The highest BCUT2D eigenvalue weighted by atomic mass is 19.4. The van der Waals surface area contributed by atoms with Gasteiger partial charge in [0.1, 0.15) is 23.0 Å². The second-order valence-corrected chi connectivity index (χ2v) is 10.4. The molecule has 1 aliphatic rings. The standard InChI is InChI=1S/C31H30F8O/c1-2-3-19-6-11-22(12-7-19)23-13-8-20(9-14-23)4-5-21-10-15-25(26(32)16-21)24-17-27(33)29(28(34)18-24)30(35,36)40-31(37,38)39/h8-10,13-19,22H,2-7,11-12H2,1H3. The van der Waals surface area contributed by atoms with Crippen LogP contribution >= 0.6 is 0 Å². The van der Waals surface area contributed by atoms with Gasteiger partial charge in [0, 0.05) is 5.56 Å². The number of hydrogen-bond donors (Lipinski definition) is 0. The van der Waals surface area contributed by atoms with Crippen molar-refractivity contribution >= 4 is 0 Å². The minimum Gasteiger partial charge on any atom is -0.222 e. The first-order valence-electron chi connectivity index (χ1n) is 13.4. The van der Waals surface area contributed by atoms with Gasteiger partial charge in [-0.2, -0.15) is 8.78 Å². The van der Waals surface area contributed by atoms with E-state index in [0.29, 0.717) is 36.5 Å². The predicted molar refractivity (Wildman–Crippen MR) is 136 cm³/mol. The van der Waals surface area contributed by atoms with E-state index in [2.05, 4.69) is 35.9 Å². The molecular weight excluding hydrogens is 540 g/mol. The predicted octanol–water partition coefficient (Wildman–Crippen LogP) is 10.2. The molecule has 0 spiro atoms. The van der Waals surface area contributed by atoms with Crippen LogP contribution in [0.5, 0.6) is 0 Å². The molecule has 0 aliphatic heterocycles. The number of hydrogen-bond acceptors (Lipinski definition) is 1. The molecule has 0 bridgehead atoms. The molecule has 1 fully saturated rings. The Labute approximate surface area is 228 Å². The molecule has 4 rings (SSSR count). The van der Waals surface area contributed by atoms with E-state index >= 15 is 0 Å². The van der Waals surface area contributed by atoms with Gasteiger partial charge >= 0.3 is 12.5 Å². The SMILES string of the molecule is CCCC1CCC(c2ccc(CCc3ccc(-c4cc(F)c(C(F)(F)OC(F)(F)F)c(F)c4)c(F)c3)cc2)CC1. The molecule has 0 radical (unpaired) electrons. The maximum Gasteiger partial charge on any atom is 0.527 e. The molecule has 1 aliphatic carbocycles. The van der Waals surface area contributed by atoms with Crippen LogP contribution in [-0.2, 0) is 23.7 Å². The normalized spacial score (nSPS) is 18.2. The van der Waals surface area contributed by atoms with Crippen LogP contribution in [-0.4, -0.2) is 6.36 Å². The van der Waals surface area contributed by atoms with Crippen molar-refractivity contribution in [1.82, 2.24) is 0 Å². The van der Waals surface area contributed by atoms with Crippen LogP contribution in [0.15, 0.2) is 54.6 Å². The lowest BCUT2D eigenvalue weighted by molar-refractivity contribution is -0.432. The second-order valence-electron chi connectivity index (χ2n) is 10.4. The summed E-state index contributed by atoms with van der Waals surface area (Å²) < 4.78 is 110. The van der Waals surface area contributed by atoms with Crippen molar-refractivity contribution in [3.8, 4) is 11.1 Å². The Kier molecular flexibility index (Phi) is 9.22. The highest BCUT2D eigenvalue weighted by molar-refractivity contribution is 5.65. The lowest BCUT2D eigenvalue weighted by Gasteiger charge is -2.28. The van der Waals surface area contributed by atoms with Gasteiger partial charge in [0.15, 0.2) is 0 Å². The van der Waals surface area contributed by atoms with E-state index in [1.165, 1.54) is 56.2 Å². The smallest absolute Gasteiger partial charge is 0.222 e. The average molecular weight is 571 g/mol. The molecule has 3 aromatic carbocycles. The zero-order valence-electron chi connectivity index (χ0n) is 21.9. The molecule has 0 atom stereocenters. The first kappa shape index (κ1) is 30.0. The Hall–Kier alpha value is -2.94. The molecule has 0 N–H and O–H groups in total. The summed E-state index contributed by atoms with van der Waals surface area (Å²) in [5.74, 6) is -3.42. The van der Waals surface area contributed by atoms with Crippen LogP contribution in [0.25, 0.3) is 11.1 Å². The number of rotatable bonds is 9. The lowest BCUT2D eigenvalue weighted by atomic mass is 9.77. The molecule has 1 saturated carbocycles. The van der Waals surface area contributed by atoms with Gasteiger partial charge in [0.25, 0.3) is 0 Å². The van der Waals surface area contributed by atoms with Gasteiger partial charge in [-0.25, -0.2) is 17.9 Å². The summed E-state index contributed by atoms with van der Waals surface area (Å²) >= 11 is 0. The minimum absolute atomic E-state index is 0.286. The summed E-state index contributed by atoms with van der Waals surface area (Å²) in [5.41, 5.74) is 0.0936. The van der Waals surface area contributed by atoms with E-state index in [1.807, 2.05) is 0 Å². The van der Waals surface area contributed by atoms with Crippen molar-refractivity contribution < 1.29 is 39.9 Å². The molecule has 0 amide bonds. The van der Waals surface area contributed by atoms with E-state index in [9.17, 15) is 35.1 Å². The van der Waals surface area contributed by atoms with Crippen LogP contribution in [0.1, 0.15) is 73.6 Å². The van der Waals surface area contributed by atoms with E-state index in [4.69, 9.17) is 0 Å². The molecule has 216 valence electrons. The fourth-order valence-electron chi connectivity index (χ4n) is 5.59. The van der Waals surface area contributed by atoms with E-state index in [1.54, 1.807) is 6.07 Å². The summed E-state index contributed by atoms with van der Waals surface area (Å²) in [5, 5.41) is 0. The van der Waals surface area contributed by atoms with Crippen LogP contribution < -0.4 is 0 Å². The fourth-order valence-corrected chi connectivity index (χ4v) is 5.59. The first-order valence-corrected chi connectivity index (χ1v) is 13.4. The van der Waals surface area contributed by atoms with Crippen molar-refractivity contribution in [1.29, 1.82) is 0 Å². The summed E-state index contributed by atoms with van der Waals surface area (Å²) in [6.45, 7) is 2.23. The molecule has 0 saturated heterocycles. The molecule has 9 heteroatoms. The van der Waals surface area contributed by atoms with Crippen molar-refractivity contribution in [3.63, 3.8) is 0 Å². The van der Waals surface area contributed by atoms with Crippen LogP contribution in [0.2, 0.25) is 0 Å². The lowest BCUT2D eigenvalue weighted by Crippen LogP contribution is -2.29. The number of benzene rings is 3. The van der Waals surface area contributed by atoms with Gasteiger partial charge in [-0.05, 0) is 90.8 Å². The van der Waals surface area contributed by atoms with Gasteiger partial charge in [0.05, 0.1) is 0 Å². The van der Waals surface area contributed by atoms with Crippen LogP contribution in [0, 0.1) is 23.4 Å². The summed E-state index contributed by atoms with van der Waals surface area (Å²) in [6.07, 6.45) is -2.55. The van der Waals surface area contributed by atoms with Crippen LogP contribution in [0.3, 0.4) is 0 Å². The summed E-state index contributed by atoms with van der Waals surface area (Å²) in [4.78, 5) is 0. The monoisotopic (exact) mass is 570 g/mol. The number of alkyl halides is 5. The van der Waals surface area contributed by atoms with E-state index < -0.39 is 41.0 Å². The van der Waals surface area contributed by atoms with Crippen molar-refractivity contribution in [3.05, 3.63) is 94.3 Å². The largest absolute Gasteiger partial charge is 0.527 e. The number of ether oxygens (including phenoxy) is 1. The Morgan fingerprint density at radius 3 is 1.85 bits per heavy atom. The van der Waals surface area contributed by atoms with Gasteiger partial charge in [-0.15, -0.1) is 13.2 Å². The van der Waals surface area contributed by atoms with Crippen molar-refractivity contribution in [2.45, 2.75) is 76.7 Å². The Balaban J connectivity index is 1.40. The third kappa shape index (κ3) is 7.42. The van der Waals surface area contributed by atoms with Crippen molar-refractivity contribution in [2.75, 3.05) is 0 Å². The maximum atomic E-state index is 14.9. The van der Waals surface area contributed by atoms with Gasteiger partial charge < -0.3 is 0 Å². The quantitative estimate of drug-likeness (QED) is 0.233. The van der Waals surface area contributed by atoms with Gasteiger partial charge in [-0.3, -0.25) is 0 Å². The molecule has 0 unspecified atom stereocenters. The van der Waals surface area contributed by atoms with Crippen molar-refractivity contribution in [2.24, 2.45) is 5.92 Å². The van der Waals surface area contributed by atoms with Gasteiger partial charge in [-0.1, -0.05) is 56.2 Å². The highest BCUT2D eigenvalue weighted by Gasteiger charge is 2.49. The van der Waals surface area contributed by atoms with E-state index in [-0.39, 0.29) is 5.56 Å². The molecule has 3 aromatic rings. The second kappa shape index (κ2) is 12.3. The summed E-state index contributed by atoms with van der Waals surface area (Å²) in [6, 6.07) is 13.1.